The maximum atomic E-state index is 11.5. The summed E-state index contributed by atoms with van der Waals surface area (Å²) >= 11 is 0. The molecule has 1 atom stereocenters. The highest BCUT2D eigenvalue weighted by Gasteiger charge is 2.27. The molecular formula is C12H12O3. The molecule has 0 amide bonds. The van der Waals surface area contributed by atoms with Gasteiger partial charge in [-0.15, -0.1) is 0 Å². The summed E-state index contributed by atoms with van der Waals surface area (Å²) < 4.78 is 4.95. The summed E-state index contributed by atoms with van der Waals surface area (Å²) in [7, 11) is 0. The first-order valence-corrected chi connectivity index (χ1v) is 5.03. The van der Waals surface area contributed by atoms with Crippen molar-refractivity contribution in [2.24, 2.45) is 0 Å². The highest BCUT2D eigenvalue weighted by molar-refractivity contribution is 5.94. The van der Waals surface area contributed by atoms with Gasteiger partial charge in [0.15, 0.2) is 12.4 Å². The number of benzene rings is 1. The maximum Gasteiger partial charge on any atom is 0.339 e. The van der Waals surface area contributed by atoms with Crippen molar-refractivity contribution in [2.45, 2.75) is 25.9 Å². The van der Waals surface area contributed by atoms with Gasteiger partial charge in [-0.3, -0.25) is 4.79 Å². The number of fused-ring (bicyclic) bond motifs is 1. The second kappa shape index (κ2) is 3.85. The number of carbonyl (C=O) groups excluding carboxylic acids is 2. The van der Waals surface area contributed by atoms with Gasteiger partial charge in [-0.05, 0) is 23.6 Å². The van der Waals surface area contributed by atoms with E-state index in [4.69, 9.17) is 4.74 Å². The third kappa shape index (κ3) is 1.65. The average molecular weight is 204 g/mol. The lowest BCUT2D eigenvalue weighted by Gasteiger charge is -2.22. The molecule has 1 aliphatic rings. The number of cyclic esters (lactones) is 1. The van der Waals surface area contributed by atoms with Gasteiger partial charge in [-0.25, -0.2) is 4.79 Å². The van der Waals surface area contributed by atoms with Crippen molar-refractivity contribution in [1.82, 2.24) is 0 Å². The number of esters is 1. The lowest BCUT2D eigenvalue weighted by atomic mass is 9.93. The molecule has 0 fully saturated rings. The minimum absolute atomic E-state index is 0.386. The molecule has 0 aromatic heterocycles. The molecule has 2 rings (SSSR count). The average Bonchev–Trinajstić information content (AvgIpc) is 2.28. The standard InChI is InChI=1S/C12H12O3/c1-2-8-4-3-5-10-11(8)6-9(7-13)15-12(10)14/h3-5,7,9H,2,6H2,1H3. The van der Waals surface area contributed by atoms with E-state index < -0.39 is 6.10 Å². The Morgan fingerprint density at radius 1 is 1.53 bits per heavy atom. The Kier molecular flexibility index (Phi) is 2.54. The lowest BCUT2D eigenvalue weighted by Crippen LogP contribution is -2.29. The number of aldehydes is 1. The van der Waals surface area contributed by atoms with E-state index in [-0.39, 0.29) is 5.97 Å². The first kappa shape index (κ1) is 9.90. The summed E-state index contributed by atoms with van der Waals surface area (Å²) in [5.74, 6) is -0.386. The monoisotopic (exact) mass is 204 g/mol. The van der Waals surface area contributed by atoms with E-state index >= 15 is 0 Å². The number of ether oxygens (including phenoxy) is 1. The Balaban J connectivity index is 2.49. The molecule has 0 bridgehead atoms. The van der Waals surface area contributed by atoms with Gasteiger partial charge in [0.25, 0.3) is 0 Å². The van der Waals surface area contributed by atoms with Crippen molar-refractivity contribution in [2.75, 3.05) is 0 Å². The fourth-order valence-electron chi connectivity index (χ4n) is 1.92. The zero-order valence-electron chi connectivity index (χ0n) is 8.53. The van der Waals surface area contributed by atoms with E-state index in [0.29, 0.717) is 18.3 Å². The fraction of sp³-hybridized carbons (Fsp3) is 0.333. The molecule has 15 heavy (non-hydrogen) atoms. The van der Waals surface area contributed by atoms with Crippen LogP contribution in [-0.2, 0) is 22.4 Å². The molecule has 78 valence electrons. The van der Waals surface area contributed by atoms with E-state index in [2.05, 4.69) is 0 Å². The molecule has 3 nitrogen and oxygen atoms in total. The summed E-state index contributed by atoms with van der Waals surface area (Å²) in [6, 6.07) is 5.58. The summed E-state index contributed by atoms with van der Waals surface area (Å²) in [6.07, 6.45) is 1.45. The molecular weight excluding hydrogens is 192 g/mol. The number of rotatable bonds is 2. The molecule has 1 heterocycles. The van der Waals surface area contributed by atoms with Crippen LogP contribution in [0.4, 0.5) is 0 Å². The quantitative estimate of drug-likeness (QED) is 0.542. The molecule has 0 saturated carbocycles. The van der Waals surface area contributed by atoms with Crippen LogP contribution in [-0.4, -0.2) is 18.4 Å². The number of carbonyl (C=O) groups is 2. The zero-order chi connectivity index (χ0) is 10.8. The number of hydrogen-bond acceptors (Lipinski definition) is 3. The van der Waals surface area contributed by atoms with Crippen LogP contribution in [0.1, 0.15) is 28.4 Å². The van der Waals surface area contributed by atoms with Crippen LogP contribution < -0.4 is 0 Å². The van der Waals surface area contributed by atoms with Crippen LogP contribution in [0.2, 0.25) is 0 Å². The molecule has 1 aromatic rings. The van der Waals surface area contributed by atoms with Gasteiger partial charge in [0, 0.05) is 6.42 Å². The predicted molar refractivity (Wildman–Crippen MR) is 54.8 cm³/mol. The van der Waals surface area contributed by atoms with Crippen LogP contribution in [0.3, 0.4) is 0 Å². The molecule has 1 unspecified atom stereocenters. The van der Waals surface area contributed by atoms with E-state index in [1.807, 2.05) is 19.1 Å². The van der Waals surface area contributed by atoms with E-state index in [9.17, 15) is 9.59 Å². The van der Waals surface area contributed by atoms with Crippen LogP contribution in [0, 0.1) is 0 Å². The Morgan fingerprint density at radius 2 is 2.33 bits per heavy atom. The number of hydrogen-bond donors (Lipinski definition) is 0. The Morgan fingerprint density at radius 3 is 3.00 bits per heavy atom. The largest absolute Gasteiger partial charge is 0.451 e. The van der Waals surface area contributed by atoms with Crippen molar-refractivity contribution < 1.29 is 14.3 Å². The Labute approximate surface area is 88.1 Å². The van der Waals surface area contributed by atoms with Crippen LogP contribution in [0.25, 0.3) is 0 Å². The molecule has 0 aliphatic carbocycles. The highest BCUT2D eigenvalue weighted by Crippen LogP contribution is 2.23. The first-order valence-electron chi connectivity index (χ1n) is 5.03. The molecule has 0 N–H and O–H groups in total. The second-order valence-electron chi connectivity index (χ2n) is 3.58. The van der Waals surface area contributed by atoms with E-state index in [0.717, 1.165) is 17.5 Å². The van der Waals surface area contributed by atoms with Gasteiger partial charge in [0.1, 0.15) is 0 Å². The van der Waals surface area contributed by atoms with Crippen molar-refractivity contribution in [3.8, 4) is 0 Å². The van der Waals surface area contributed by atoms with E-state index in [1.165, 1.54) is 0 Å². The summed E-state index contributed by atoms with van der Waals surface area (Å²) in [4.78, 5) is 22.2. The third-order valence-corrected chi connectivity index (χ3v) is 2.69. The smallest absolute Gasteiger partial charge is 0.339 e. The molecule has 1 aliphatic heterocycles. The lowest BCUT2D eigenvalue weighted by molar-refractivity contribution is -0.115. The molecule has 0 saturated heterocycles. The molecule has 0 radical (unpaired) electrons. The number of aryl methyl sites for hydroxylation is 1. The summed E-state index contributed by atoms with van der Waals surface area (Å²) in [6.45, 7) is 2.03. The normalized spacial score (nSPS) is 19.3. The van der Waals surface area contributed by atoms with Gasteiger partial charge in [-0.2, -0.15) is 0 Å². The van der Waals surface area contributed by atoms with Crippen molar-refractivity contribution >= 4 is 12.3 Å². The van der Waals surface area contributed by atoms with Gasteiger partial charge < -0.3 is 4.74 Å². The summed E-state index contributed by atoms with van der Waals surface area (Å²) in [5.41, 5.74) is 2.69. The molecule has 3 heteroatoms. The Hall–Kier alpha value is -1.64. The van der Waals surface area contributed by atoms with Gasteiger partial charge in [0.2, 0.25) is 0 Å². The predicted octanol–water partition coefficient (Wildman–Crippen LogP) is 1.53. The maximum absolute atomic E-state index is 11.5. The second-order valence-corrected chi connectivity index (χ2v) is 3.58. The Bertz CT molecular complexity index is 409. The van der Waals surface area contributed by atoms with Crippen LogP contribution >= 0.6 is 0 Å². The highest BCUT2D eigenvalue weighted by atomic mass is 16.5. The molecule has 1 aromatic carbocycles. The van der Waals surface area contributed by atoms with Crippen LogP contribution in [0.15, 0.2) is 18.2 Å². The minimum atomic E-state index is -0.613. The fourth-order valence-corrected chi connectivity index (χ4v) is 1.92. The summed E-state index contributed by atoms with van der Waals surface area (Å²) in [5, 5.41) is 0. The van der Waals surface area contributed by atoms with Crippen molar-refractivity contribution in [1.29, 1.82) is 0 Å². The topological polar surface area (TPSA) is 43.4 Å². The first-order chi connectivity index (χ1) is 7.26. The third-order valence-electron chi connectivity index (χ3n) is 2.69. The SMILES string of the molecule is CCc1cccc2c1CC(C=O)OC2=O. The van der Waals surface area contributed by atoms with Gasteiger partial charge in [0.05, 0.1) is 5.56 Å². The molecule has 0 spiro atoms. The van der Waals surface area contributed by atoms with Crippen molar-refractivity contribution in [3.05, 3.63) is 34.9 Å². The minimum Gasteiger partial charge on any atom is -0.451 e. The van der Waals surface area contributed by atoms with Gasteiger partial charge >= 0.3 is 5.97 Å². The van der Waals surface area contributed by atoms with E-state index in [1.54, 1.807) is 6.07 Å². The van der Waals surface area contributed by atoms with Crippen molar-refractivity contribution in [3.63, 3.8) is 0 Å². The van der Waals surface area contributed by atoms with Crippen LogP contribution in [0.5, 0.6) is 0 Å². The van der Waals surface area contributed by atoms with Gasteiger partial charge in [-0.1, -0.05) is 19.1 Å². The zero-order valence-corrected chi connectivity index (χ0v) is 8.53.